The van der Waals surface area contributed by atoms with Crippen LogP contribution in [-0.4, -0.2) is 16.9 Å². The van der Waals surface area contributed by atoms with Crippen molar-refractivity contribution in [1.82, 2.24) is 0 Å². The highest BCUT2D eigenvalue weighted by Gasteiger charge is 2.27. The van der Waals surface area contributed by atoms with E-state index in [4.69, 9.17) is 0 Å². The molecule has 1 aliphatic carbocycles. The summed E-state index contributed by atoms with van der Waals surface area (Å²) in [4.78, 5) is 23.7. The van der Waals surface area contributed by atoms with Gasteiger partial charge in [-0.25, -0.2) is 0 Å². The van der Waals surface area contributed by atoms with E-state index >= 15 is 0 Å². The van der Waals surface area contributed by atoms with Gasteiger partial charge < -0.3 is 5.11 Å². The average molecular weight is 353 g/mol. The Morgan fingerprint density at radius 3 is 2.33 bits per heavy atom. The van der Waals surface area contributed by atoms with Crippen molar-refractivity contribution in [2.45, 2.75) is 44.9 Å². The summed E-state index contributed by atoms with van der Waals surface area (Å²) in [5.41, 5.74) is 0.960. The summed E-state index contributed by atoms with van der Waals surface area (Å²) in [6.45, 7) is 0. The van der Waals surface area contributed by atoms with Crippen molar-refractivity contribution in [3.05, 3.63) is 34.3 Å². The summed E-state index contributed by atoms with van der Waals surface area (Å²) in [6, 6.07) is 7.62. The summed E-state index contributed by atoms with van der Waals surface area (Å²) in [6.07, 6.45) is 5.84. The third-order valence-electron chi connectivity index (χ3n) is 4.25. The van der Waals surface area contributed by atoms with Crippen LogP contribution in [0.25, 0.3) is 0 Å². The molecule has 1 aromatic rings. The highest BCUT2D eigenvalue weighted by atomic mass is 79.9. The molecule has 0 aromatic heterocycles. The third-order valence-corrected chi connectivity index (χ3v) is 4.78. The summed E-state index contributed by atoms with van der Waals surface area (Å²) in [5, 5.41) is 9.37. The Kier molecular flexibility index (Phi) is 5.97. The van der Waals surface area contributed by atoms with Crippen LogP contribution in [-0.2, 0) is 16.0 Å². The van der Waals surface area contributed by atoms with E-state index in [1.807, 2.05) is 24.3 Å². The van der Waals surface area contributed by atoms with Crippen molar-refractivity contribution < 1.29 is 14.7 Å². The number of aliphatic carboxylic acids is 1. The fourth-order valence-corrected chi connectivity index (χ4v) is 3.25. The minimum absolute atomic E-state index is 0.0884. The second kappa shape index (κ2) is 7.74. The minimum Gasteiger partial charge on any atom is -0.481 e. The lowest BCUT2D eigenvalue weighted by Crippen LogP contribution is -2.25. The van der Waals surface area contributed by atoms with Crippen LogP contribution >= 0.6 is 15.9 Å². The molecule has 114 valence electrons. The molecule has 0 bridgehead atoms. The maximum Gasteiger partial charge on any atom is 0.307 e. The second-order valence-electron chi connectivity index (χ2n) is 5.87. The maximum atomic E-state index is 12.3. The zero-order valence-corrected chi connectivity index (χ0v) is 13.6. The predicted octanol–water partition coefficient (Wildman–Crippen LogP) is 4.23. The quantitative estimate of drug-likeness (QED) is 0.833. The van der Waals surface area contributed by atoms with Crippen LogP contribution in [0.15, 0.2) is 28.7 Å². The van der Waals surface area contributed by atoms with Crippen LogP contribution in [0.4, 0.5) is 0 Å². The molecule has 1 atom stereocenters. The van der Waals surface area contributed by atoms with Crippen molar-refractivity contribution in [3.8, 4) is 0 Å². The van der Waals surface area contributed by atoms with E-state index in [9.17, 15) is 14.7 Å². The zero-order valence-electron chi connectivity index (χ0n) is 12.1. The van der Waals surface area contributed by atoms with Crippen LogP contribution in [0.2, 0.25) is 0 Å². The minimum atomic E-state index is -0.873. The van der Waals surface area contributed by atoms with Gasteiger partial charge in [-0.2, -0.15) is 0 Å². The molecule has 2 rings (SSSR count). The van der Waals surface area contributed by atoms with Gasteiger partial charge in [-0.05, 0) is 37.0 Å². The first-order valence-corrected chi connectivity index (χ1v) is 8.35. The van der Waals surface area contributed by atoms with Crippen molar-refractivity contribution in [1.29, 1.82) is 0 Å². The highest BCUT2D eigenvalue weighted by molar-refractivity contribution is 9.10. The Bertz CT molecular complexity index is 489. The molecule has 21 heavy (non-hydrogen) atoms. The summed E-state index contributed by atoms with van der Waals surface area (Å²) >= 11 is 3.36. The molecule has 1 aliphatic rings. The summed E-state index contributed by atoms with van der Waals surface area (Å²) in [7, 11) is 0. The van der Waals surface area contributed by atoms with Crippen LogP contribution in [0, 0.1) is 11.8 Å². The Morgan fingerprint density at radius 2 is 1.76 bits per heavy atom. The van der Waals surface area contributed by atoms with Gasteiger partial charge in [-0.3, -0.25) is 9.59 Å². The fourth-order valence-electron chi connectivity index (χ4n) is 2.99. The molecule has 0 aliphatic heterocycles. The van der Waals surface area contributed by atoms with Gasteiger partial charge in [0.05, 0.1) is 5.92 Å². The molecule has 0 spiro atoms. The van der Waals surface area contributed by atoms with Gasteiger partial charge in [0, 0.05) is 16.8 Å². The second-order valence-corrected chi connectivity index (χ2v) is 6.79. The molecule has 1 aromatic carbocycles. The lowest BCUT2D eigenvalue weighted by atomic mass is 9.82. The number of rotatable bonds is 6. The molecular weight excluding hydrogens is 332 g/mol. The van der Waals surface area contributed by atoms with Gasteiger partial charge in [0.1, 0.15) is 5.78 Å². The van der Waals surface area contributed by atoms with Crippen molar-refractivity contribution >= 4 is 27.7 Å². The number of hydrogen-bond acceptors (Lipinski definition) is 2. The van der Waals surface area contributed by atoms with Gasteiger partial charge >= 0.3 is 5.97 Å². The van der Waals surface area contributed by atoms with Gasteiger partial charge in [-0.1, -0.05) is 47.3 Å². The van der Waals surface area contributed by atoms with Crippen LogP contribution in [0.1, 0.15) is 44.1 Å². The largest absolute Gasteiger partial charge is 0.481 e. The number of carboxylic acids is 1. The van der Waals surface area contributed by atoms with E-state index in [2.05, 4.69) is 15.9 Å². The predicted molar refractivity (Wildman–Crippen MR) is 85.2 cm³/mol. The Labute approximate surface area is 133 Å². The van der Waals surface area contributed by atoms with Crippen LogP contribution in [0.5, 0.6) is 0 Å². The first-order chi connectivity index (χ1) is 10.1. The number of halogens is 1. The maximum absolute atomic E-state index is 12.3. The van der Waals surface area contributed by atoms with Crippen LogP contribution in [0.3, 0.4) is 0 Å². The monoisotopic (exact) mass is 352 g/mol. The fraction of sp³-hybridized carbons (Fsp3) is 0.529. The van der Waals surface area contributed by atoms with E-state index in [0.717, 1.165) is 35.7 Å². The Balaban J connectivity index is 1.96. The number of carbonyl (C=O) groups excluding carboxylic acids is 1. The molecule has 4 heteroatoms. The molecule has 0 heterocycles. The standard InChI is InChI=1S/C17H21BrO3/c18-15-8-6-12(7-9-15)10-14(17(20)21)11-16(19)13-4-2-1-3-5-13/h6-9,13-14H,1-5,10-11H2,(H,20,21). The van der Waals surface area contributed by atoms with Gasteiger partial charge in [0.25, 0.3) is 0 Å². The van der Waals surface area contributed by atoms with E-state index in [1.54, 1.807) is 0 Å². The van der Waals surface area contributed by atoms with E-state index in [0.29, 0.717) is 6.42 Å². The first kappa shape index (κ1) is 16.2. The number of benzene rings is 1. The molecule has 1 N–H and O–H groups in total. The molecule has 0 amide bonds. The van der Waals surface area contributed by atoms with Crippen molar-refractivity contribution in [2.75, 3.05) is 0 Å². The molecular formula is C17H21BrO3. The topological polar surface area (TPSA) is 54.4 Å². The molecule has 3 nitrogen and oxygen atoms in total. The van der Waals surface area contributed by atoms with Gasteiger partial charge in [0.15, 0.2) is 0 Å². The molecule has 1 fully saturated rings. The van der Waals surface area contributed by atoms with Crippen molar-refractivity contribution in [3.63, 3.8) is 0 Å². The van der Waals surface area contributed by atoms with E-state index < -0.39 is 11.9 Å². The van der Waals surface area contributed by atoms with Gasteiger partial charge in [-0.15, -0.1) is 0 Å². The first-order valence-electron chi connectivity index (χ1n) is 7.56. The number of ketones is 1. The smallest absolute Gasteiger partial charge is 0.307 e. The SMILES string of the molecule is O=C(O)C(CC(=O)C1CCCCC1)Cc1ccc(Br)cc1. The lowest BCUT2D eigenvalue weighted by Gasteiger charge is -2.22. The highest BCUT2D eigenvalue weighted by Crippen LogP contribution is 2.27. The molecule has 1 saturated carbocycles. The molecule has 0 radical (unpaired) electrons. The number of Topliss-reactive ketones (excluding diaryl/α,β-unsaturated/α-hetero) is 1. The normalized spacial score (nSPS) is 17.4. The Morgan fingerprint density at radius 1 is 1.14 bits per heavy atom. The average Bonchev–Trinajstić information content (AvgIpc) is 2.49. The zero-order chi connectivity index (χ0) is 15.2. The number of hydrogen-bond donors (Lipinski definition) is 1. The lowest BCUT2D eigenvalue weighted by molar-refractivity contribution is -0.144. The van der Waals surface area contributed by atoms with E-state index in [1.165, 1.54) is 6.42 Å². The molecule has 1 unspecified atom stereocenters. The summed E-state index contributed by atoms with van der Waals surface area (Å²) < 4.78 is 0.969. The van der Waals surface area contributed by atoms with Crippen molar-refractivity contribution in [2.24, 2.45) is 11.8 Å². The molecule has 0 saturated heterocycles. The third kappa shape index (κ3) is 4.95. The van der Waals surface area contributed by atoms with E-state index in [-0.39, 0.29) is 18.1 Å². The van der Waals surface area contributed by atoms with Crippen LogP contribution < -0.4 is 0 Å². The number of carboxylic acid groups (broad SMARTS) is 1. The Hall–Kier alpha value is -1.16. The number of carbonyl (C=O) groups is 2. The van der Waals surface area contributed by atoms with Gasteiger partial charge in [0.2, 0.25) is 0 Å². The summed E-state index contributed by atoms with van der Waals surface area (Å²) in [5.74, 6) is -1.26.